The van der Waals surface area contributed by atoms with Gasteiger partial charge in [-0.3, -0.25) is 0 Å². The van der Waals surface area contributed by atoms with Crippen LogP contribution in [0.2, 0.25) is 5.02 Å². The zero-order valence-electron chi connectivity index (χ0n) is 11.2. The molecule has 0 saturated heterocycles. The van der Waals surface area contributed by atoms with Gasteiger partial charge in [-0.25, -0.2) is 4.98 Å². The SMILES string of the molecule is COc1ccc(Cl)cc1CNC(C)c1nc(C)cs1. The lowest BCUT2D eigenvalue weighted by Crippen LogP contribution is -2.18. The van der Waals surface area contributed by atoms with Gasteiger partial charge >= 0.3 is 0 Å². The highest BCUT2D eigenvalue weighted by Crippen LogP contribution is 2.24. The second-order valence-corrected chi connectivity index (χ2v) is 5.71. The Kier molecular flexibility index (Phi) is 4.80. The molecule has 1 aromatic heterocycles. The molecule has 0 amide bonds. The normalized spacial score (nSPS) is 12.4. The maximum Gasteiger partial charge on any atom is 0.123 e. The fraction of sp³-hybridized carbons (Fsp3) is 0.357. The summed E-state index contributed by atoms with van der Waals surface area (Å²) in [6, 6.07) is 5.85. The Labute approximate surface area is 122 Å². The van der Waals surface area contributed by atoms with E-state index in [0.29, 0.717) is 6.54 Å². The number of thiazole rings is 1. The van der Waals surface area contributed by atoms with Crippen LogP contribution in [-0.4, -0.2) is 12.1 Å². The van der Waals surface area contributed by atoms with Gasteiger partial charge in [-0.1, -0.05) is 11.6 Å². The lowest BCUT2D eigenvalue weighted by molar-refractivity contribution is 0.406. The van der Waals surface area contributed by atoms with Crippen LogP contribution in [0.5, 0.6) is 5.75 Å². The minimum absolute atomic E-state index is 0.211. The van der Waals surface area contributed by atoms with Gasteiger partial charge in [-0.15, -0.1) is 11.3 Å². The first-order chi connectivity index (χ1) is 9.10. The van der Waals surface area contributed by atoms with Crippen molar-refractivity contribution in [3.05, 3.63) is 44.9 Å². The molecule has 0 radical (unpaired) electrons. The van der Waals surface area contributed by atoms with Crippen molar-refractivity contribution < 1.29 is 4.74 Å². The van der Waals surface area contributed by atoms with Gasteiger partial charge in [-0.2, -0.15) is 0 Å². The standard InChI is InChI=1S/C14H17ClN2OS/c1-9-8-19-14(17-9)10(2)16-7-11-6-12(15)4-5-13(11)18-3/h4-6,8,10,16H,7H2,1-3H3. The second kappa shape index (κ2) is 6.37. The average Bonchev–Trinajstić information content (AvgIpc) is 2.83. The minimum Gasteiger partial charge on any atom is -0.496 e. The van der Waals surface area contributed by atoms with Crippen molar-refractivity contribution >= 4 is 22.9 Å². The Bertz CT molecular complexity index is 556. The molecule has 3 nitrogen and oxygen atoms in total. The first-order valence-electron chi connectivity index (χ1n) is 6.08. The van der Waals surface area contributed by atoms with Crippen LogP contribution >= 0.6 is 22.9 Å². The summed E-state index contributed by atoms with van der Waals surface area (Å²) in [6.45, 7) is 4.81. The van der Waals surface area contributed by atoms with Gasteiger partial charge in [0.15, 0.2) is 0 Å². The topological polar surface area (TPSA) is 34.1 Å². The molecule has 0 fully saturated rings. The number of nitrogens with zero attached hydrogens (tertiary/aromatic N) is 1. The summed E-state index contributed by atoms with van der Waals surface area (Å²) < 4.78 is 5.33. The van der Waals surface area contributed by atoms with Crippen LogP contribution in [0, 0.1) is 6.92 Å². The molecule has 102 valence electrons. The first-order valence-corrected chi connectivity index (χ1v) is 7.33. The lowest BCUT2D eigenvalue weighted by Gasteiger charge is -2.13. The van der Waals surface area contributed by atoms with Gasteiger partial charge in [-0.05, 0) is 32.0 Å². The van der Waals surface area contributed by atoms with Gasteiger partial charge in [0.2, 0.25) is 0 Å². The van der Waals surface area contributed by atoms with Gasteiger partial charge < -0.3 is 10.1 Å². The summed E-state index contributed by atoms with van der Waals surface area (Å²) in [7, 11) is 1.67. The van der Waals surface area contributed by atoms with Crippen LogP contribution in [-0.2, 0) is 6.54 Å². The largest absolute Gasteiger partial charge is 0.496 e. The third kappa shape index (κ3) is 3.69. The van der Waals surface area contributed by atoms with Crippen molar-refractivity contribution in [2.24, 2.45) is 0 Å². The van der Waals surface area contributed by atoms with Crippen LogP contribution in [0.4, 0.5) is 0 Å². The Balaban J connectivity index is 2.04. The molecule has 19 heavy (non-hydrogen) atoms. The number of hydrogen-bond donors (Lipinski definition) is 1. The molecule has 5 heteroatoms. The van der Waals surface area contributed by atoms with E-state index < -0.39 is 0 Å². The van der Waals surface area contributed by atoms with E-state index in [1.165, 1.54) is 0 Å². The molecule has 1 N–H and O–H groups in total. The highest BCUT2D eigenvalue weighted by molar-refractivity contribution is 7.09. The molecule has 0 aliphatic heterocycles. The van der Waals surface area contributed by atoms with Crippen molar-refractivity contribution in [3.63, 3.8) is 0 Å². The second-order valence-electron chi connectivity index (χ2n) is 4.39. The molecule has 2 rings (SSSR count). The average molecular weight is 297 g/mol. The number of ether oxygens (including phenoxy) is 1. The number of rotatable bonds is 5. The number of aromatic nitrogens is 1. The molecular formula is C14H17ClN2OS. The fourth-order valence-electron chi connectivity index (χ4n) is 1.81. The van der Waals surface area contributed by atoms with E-state index in [-0.39, 0.29) is 6.04 Å². The van der Waals surface area contributed by atoms with E-state index in [0.717, 1.165) is 27.0 Å². The van der Waals surface area contributed by atoms with E-state index in [1.54, 1.807) is 18.4 Å². The number of methoxy groups -OCH3 is 1. The van der Waals surface area contributed by atoms with Crippen molar-refractivity contribution in [2.45, 2.75) is 26.4 Å². The van der Waals surface area contributed by atoms with Gasteiger partial charge in [0.05, 0.1) is 13.2 Å². The summed E-state index contributed by atoms with van der Waals surface area (Å²) in [6.07, 6.45) is 0. The number of halogens is 1. The Morgan fingerprint density at radius 2 is 2.26 bits per heavy atom. The molecular weight excluding hydrogens is 280 g/mol. The van der Waals surface area contributed by atoms with Crippen LogP contribution in [0.1, 0.15) is 29.2 Å². The van der Waals surface area contributed by atoms with Crippen molar-refractivity contribution in [2.75, 3.05) is 7.11 Å². The van der Waals surface area contributed by atoms with E-state index in [2.05, 4.69) is 22.6 Å². The highest BCUT2D eigenvalue weighted by Gasteiger charge is 2.10. The maximum atomic E-state index is 6.02. The first kappa shape index (κ1) is 14.3. The van der Waals surface area contributed by atoms with Crippen LogP contribution in [0.3, 0.4) is 0 Å². The summed E-state index contributed by atoms with van der Waals surface area (Å²) in [5.41, 5.74) is 2.11. The third-order valence-electron chi connectivity index (χ3n) is 2.85. The number of hydrogen-bond acceptors (Lipinski definition) is 4. The van der Waals surface area contributed by atoms with Crippen molar-refractivity contribution in [1.29, 1.82) is 0 Å². The molecule has 0 spiro atoms. The summed E-state index contributed by atoms with van der Waals surface area (Å²) in [5, 5.41) is 7.32. The molecule has 1 heterocycles. The van der Waals surface area contributed by atoms with Crippen molar-refractivity contribution in [3.8, 4) is 5.75 Å². The predicted octanol–water partition coefficient (Wildman–Crippen LogP) is 3.96. The smallest absolute Gasteiger partial charge is 0.123 e. The highest BCUT2D eigenvalue weighted by atomic mass is 35.5. The van der Waals surface area contributed by atoms with Crippen molar-refractivity contribution in [1.82, 2.24) is 10.3 Å². The number of aryl methyl sites for hydroxylation is 1. The monoisotopic (exact) mass is 296 g/mol. The summed E-state index contributed by atoms with van der Waals surface area (Å²) in [4.78, 5) is 4.48. The number of benzene rings is 1. The summed E-state index contributed by atoms with van der Waals surface area (Å²) in [5.74, 6) is 0.847. The number of nitrogens with one attached hydrogen (secondary N) is 1. The van der Waals surface area contributed by atoms with E-state index in [1.807, 2.05) is 25.1 Å². The zero-order valence-corrected chi connectivity index (χ0v) is 12.8. The van der Waals surface area contributed by atoms with Gasteiger partial charge in [0.25, 0.3) is 0 Å². The fourth-order valence-corrected chi connectivity index (χ4v) is 2.83. The quantitative estimate of drug-likeness (QED) is 0.907. The summed E-state index contributed by atoms with van der Waals surface area (Å²) >= 11 is 7.69. The molecule has 1 unspecified atom stereocenters. The van der Waals surface area contributed by atoms with E-state index in [4.69, 9.17) is 16.3 Å². The molecule has 1 aromatic carbocycles. The van der Waals surface area contributed by atoms with Crippen LogP contribution in [0.25, 0.3) is 0 Å². The van der Waals surface area contributed by atoms with E-state index in [9.17, 15) is 0 Å². The maximum absolute atomic E-state index is 6.02. The molecule has 0 saturated carbocycles. The Morgan fingerprint density at radius 3 is 2.89 bits per heavy atom. The van der Waals surface area contributed by atoms with Crippen LogP contribution in [0.15, 0.2) is 23.6 Å². The molecule has 0 aliphatic rings. The molecule has 0 aliphatic carbocycles. The predicted molar refractivity (Wildman–Crippen MR) is 80.1 cm³/mol. The molecule has 1 atom stereocenters. The minimum atomic E-state index is 0.211. The molecule has 0 bridgehead atoms. The Hall–Kier alpha value is -1.10. The van der Waals surface area contributed by atoms with Gasteiger partial charge in [0.1, 0.15) is 10.8 Å². The lowest BCUT2D eigenvalue weighted by atomic mass is 10.2. The van der Waals surface area contributed by atoms with Crippen LogP contribution < -0.4 is 10.1 Å². The molecule has 2 aromatic rings. The van der Waals surface area contributed by atoms with E-state index >= 15 is 0 Å². The third-order valence-corrected chi connectivity index (χ3v) is 4.23. The zero-order chi connectivity index (χ0) is 13.8. The Morgan fingerprint density at radius 1 is 1.47 bits per heavy atom. The van der Waals surface area contributed by atoms with Gasteiger partial charge in [0, 0.05) is 28.2 Å².